The SMILES string of the molecule is C=Cn1c(NCc2ccc(C(F)(F)F)cc2C(F)(F)F)nc(C(F)(F)F)c(Cl)c1=O. The van der Waals surface area contributed by atoms with E-state index in [2.05, 4.69) is 16.9 Å². The van der Waals surface area contributed by atoms with Crippen LogP contribution in [0, 0.1) is 0 Å². The first-order chi connectivity index (χ1) is 13.6. The van der Waals surface area contributed by atoms with Crippen molar-refractivity contribution in [3.05, 3.63) is 62.5 Å². The summed E-state index contributed by atoms with van der Waals surface area (Å²) in [6.45, 7) is 2.26. The van der Waals surface area contributed by atoms with E-state index >= 15 is 0 Å². The largest absolute Gasteiger partial charge is 0.435 e. The van der Waals surface area contributed by atoms with Crippen molar-refractivity contribution in [3.8, 4) is 0 Å². The number of hydrogen-bond acceptors (Lipinski definition) is 3. The Labute approximate surface area is 166 Å². The summed E-state index contributed by atoms with van der Waals surface area (Å²) in [7, 11) is 0. The highest BCUT2D eigenvalue weighted by molar-refractivity contribution is 6.31. The summed E-state index contributed by atoms with van der Waals surface area (Å²) >= 11 is 5.35. The van der Waals surface area contributed by atoms with Gasteiger partial charge >= 0.3 is 18.5 Å². The summed E-state index contributed by atoms with van der Waals surface area (Å²) in [5, 5.41) is 0.779. The second-order valence-corrected chi connectivity index (χ2v) is 6.05. The zero-order chi connectivity index (χ0) is 23.1. The molecule has 1 heterocycles. The lowest BCUT2D eigenvalue weighted by molar-refractivity contribution is -0.143. The van der Waals surface area contributed by atoms with Gasteiger partial charge in [0.1, 0.15) is 5.02 Å². The topological polar surface area (TPSA) is 46.9 Å². The smallest absolute Gasteiger partial charge is 0.351 e. The lowest BCUT2D eigenvalue weighted by atomic mass is 10.0. The molecule has 0 fully saturated rings. The van der Waals surface area contributed by atoms with Crippen LogP contribution in [-0.4, -0.2) is 9.55 Å². The minimum Gasteiger partial charge on any atom is -0.351 e. The summed E-state index contributed by atoms with van der Waals surface area (Å²) in [5.41, 5.74) is -7.16. The number of nitrogens with zero attached hydrogens (tertiary/aromatic N) is 2. The molecule has 0 aliphatic heterocycles. The minimum absolute atomic E-state index is 0.131. The molecule has 0 spiro atoms. The van der Waals surface area contributed by atoms with Crippen molar-refractivity contribution in [3.63, 3.8) is 0 Å². The predicted molar refractivity (Wildman–Crippen MR) is 88.7 cm³/mol. The molecule has 14 heteroatoms. The summed E-state index contributed by atoms with van der Waals surface area (Å²) in [5.74, 6) is -0.861. The maximum atomic E-state index is 13.2. The van der Waals surface area contributed by atoms with Gasteiger partial charge in [-0.2, -0.15) is 39.5 Å². The highest BCUT2D eigenvalue weighted by Crippen LogP contribution is 2.38. The van der Waals surface area contributed by atoms with Crippen molar-refractivity contribution in [2.75, 3.05) is 5.32 Å². The third-order valence-corrected chi connectivity index (χ3v) is 4.03. The monoisotopic (exact) mass is 465 g/mol. The Hall–Kier alpha value is -2.70. The van der Waals surface area contributed by atoms with Crippen molar-refractivity contribution in [2.45, 2.75) is 25.1 Å². The van der Waals surface area contributed by atoms with Crippen LogP contribution in [0.25, 0.3) is 6.20 Å². The first-order valence-electron chi connectivity index (χ1n) is 7.60. The molecule has 0 bridgehead atoms. The molecule has 0 amide bonds. The summed E-state index contributed by atoms with van der Waals surface area (Å²) in [6, 6.07) is 0.757. The van der Waals surface area contributed by atoms with Crippen LogP contribution < -0.4 is 10.9 Å². The van der Waals surface area contributed by atoms with Crippen LogP contribution in [0.1, 0.15) is 22.4 Å². The van der Waals surface area contributed by atoms with Gasteiger partial charge < -0.3 is 5.32 Å². The number of aromatic nitrogens is 2. The molecule has 0 aliphatic rings. The molecule has 2 aromatic rings. The van der Waals surface area contributed by atoms with Gasteiger partial charge in [-0.15, -0.1) is 0 Å². The molecule has 0 unspecified atom stereocenters. The summed E-state index contributed by atoms with van der Waals surface area (Å²) < 4.78 is 117. The Morgan fingerprint density at radius 2 is 1.63 bits per heavy atom. The first-order valence-corrected chi connectivity index (χ1v) is 7.98. The molecule has 2 rings (SSSR count). The number of anilines is 1. The van der Waals surface area contributed by atoms with Gasteiger partial charge in [0, 0.05) is 12.7 Å². The normalized spacial score (nSPS) is 12.7. The van der Waals surface area contributed by atoms with E-state index in [9.17, 15) is 44.3 Å². The Morgan fingerprint density at radius 1 is 1.03 bits per heavy atom. The maximum absolute atomic E-state index is 13.2. The minimum atomic E-state index is -5.19. The molecule has 0 radical (unpaired) electrons. The molecule has 0 atom stereocenters. The molecule has 0 saturated heterocycles. The standard InChI is InChI=1S/C16H9ClF9N3O/c1-2-29-12(30)10(17)11(16(24,25)26)28-13(29)27-6-7-3-4-8(14(18,19)20)5-9(7)15(21,22)23/h2-5H,1,6H2,(H,27,28). The van der Waals surface area contributed by atoms with Crippen molar-refractivity contribution in [2.24, 2.45) is 0 Å². The molecule has 1 aromatic carbocycles. The zero-order valence-corrected chi connectivity index (χ0v) is 15.1. The number of halogens is 10. The van der Waals surface area contributed by atoms with Crippen molar-refractivity contribution >= 4 is 23.7 Å². The quantitative estimate of drug-likeness (QED) is 0.592. The molecule has 4 nitrogen and oxygen atoms in total. The number of benzene rings is 1. The fourth-order valence-electron chi connectivity index (χ4n) is 2.34. The van der Waals surface area contributed by atoms with E-state index in [0.29, 0.717) is 22.9 Å². The Kier molecular flexibility index (Phi) is 6.17. The van der Waals surface area contributed by atoms with E-state index < -0.39 is 64.0 Å². The maximum Gasteiger partial charge on any atom is 0.435 e. The fourth-order valence-corrected chi connectivity index (χ4v) is 2.58. The zero-order valence-electron chi connectivity index (χ0n) is 14.3. The van der Waals surface area contributed by atoms with Crippen LogP contribution in [0.3, 0.4) is 0 Å². The van der Waals surface area contributed by atoms with Crippen LogP contribution >= 0.6 is 11.6 Å². The second kappa shape index (κ2) is 7.85. The van der Waals surface area contributed by atoms with Crippen molar-refractivity contribution < 1.29 is 39.5 Å². The van der Waals surface area contributed by atoms with Gasteiger partial charge in [0.15, 0.2) is 5.69 Å². The number of hydrogen-bond donors (Lipinski definition) is 1. The molecular weight excluding hydrogens is 457 g/mol. The first kappa shape index (κ1) is 23.6. The average molecular weight is 466 g/mol. The molecule has 30 heavy (non-hydrogen) atoms. The van der Waals surface area contributed by atoms with Crippen molar-refractivity contribution in [1.82, 2.24) is 9.55 Å². The van der Waals surface area contributed by atoms with Gasteiger partial charge in [-0.3, -0.25) is 9.36 Å². The summed E-state index contributed by atoms with van der Waals surface area (Å²) in [4.78, 5) is 15.1. The van der Waals surface area contributed by atoms with Crippen LogP contribution in [-0.2, 0) is 25.1 Å². The third-order valence-electron chi connectivity index (χ3n) is 3.69. The van der Waals surface area contributed by atoms with Crippen molar-refractivity contribution in [1.29, 1.82) is 0 Å². The van der Waals surface area contributed by atoms with Gasteiger partial charge in [-0.05, 0) is 17.7 Å². The number of nitrogens with one attached hydrogen (secondary N) is 1. The Bertz CT molecular complexity index is 1020. The molecular formula is C16H9ClF9N3O. The van der Waals surface area contributed by atoms with E-state index in [1.165, 1.54) is 0 Å². The highest BCUT2D eigenvalue weighted by Gasteiger charge is 2.39. The molecule has 0 saturated carbocycles. The fraction of sp³-hybridized carbons (Fsp3) is 0.250. The molecule has 0 aliphatic carbocycles. The van der Waals surface area contributed by atoms with Crippen LogP contribution in [0.2, 0.25) is 5.02 Å². The van der Waals surface area contributed by atoms with Gasteiger partial charge in [-0.1, -0.05) is 24.2 Å². The Morgan fingerprint density at radius 3 is 2.10 bits per heavy atom. The predicted octanol–water partition coefficient (Wildman–Crippen LogP) is 5.67. The molecule has 164 valence electrons. The van der Waals surface area contributed by atoms with Crippen LogP contribution in [0.4, 0.5) is 45.5 Å². The average Bonchev–Trinajstić information content (AvgIpc) is 2.59. The second-order valence-electron chi connectivity index (χ2n) is 5.67. The number of alkyl halides is 9. The van der Waals surface area contributed by atoms with E-state index in [1.54, 1.807) is 0 Å². The Balaban J connectivity index is 2.53. The van der Waals surface area contributed by atoms with Gasteiger partial charge in [0.05, 0.1) is 11.1 Å². The third kappa shape index (κ3) is 4.89. The lowest BCUT2D eigenvalue weighted by Crippen LogP contribution is -2.26. The number of rotatable bonds is 4. The van der Waals surface area contributed by atoms with E-state index in [0.717, 1.165) is 0 Å². The van der Waals surface area contributed by atoms with E-state index in [4.69, 9.17) is 11.6 Å². The molecule has 1 N–H and O–H groups in total. The lowest BCUT2D eigenvalue weighted by Gasteiger charge is -2.18. The van der Waals surface area contributed by atoms with Gasteiger partial charge in [0.25, 0.3) is 5.56 Å². The van der Waals surface area contributed by atoms with Crippen LogP contribution in [0.5, 0.6) is 0 Å². The van der Waals surface area contributed by atoms with Crippen LogP contribution in [0.15, 0.2) is 29.6 Å². The summed E-state index contributed by atoms with van der Waals surface area (Å²) in [6.07, 6.45) is -14.7. The van der Waals surface area contributed by atoms with E-state index in [-0.39, 0.29) is 6.07 Å². The molecule has 1 aromatic heterocycles. The van der Waals surface area contributed by atoms with E-state index in [1.807, 2.05) is 0 Å². The van der Waals surface area contributed by atoms with Gasteiger partial charge in [0.2, 0.25) is 5.95 Å². The highest BCUT2D eigenvalue weighted by atomic mass is 35.5. The van der Waals surface area contributed by atoms with Gasteiger partial charge in [-0.25, -0.2) is 4.98 Å².